The molecule has 1 fully saturated rings. The molecule has 0 saturated carbocycles. The molecule has 7 nitrogen and oxygen atoms in total. The molecule has 0 bridgehead atoms. The Morgan fingerprint density at radius 2 is 2.14 bits per heavy atom. The molecule has 3 rings (SSSR count). The Kier molecular flexibility index (Phi) is 8.03. The Morgan fingerprint density at radius 3 is 2.72 bits per heavy atom. The van der Waals surface area contributed by atoms with E-state index in [0.717, 1.165) is 28.4 Å². The average molecular weight is 416 g/mol. The van der Waals surface area contributed by atoms with E-state index in [1.165, 1.54) is 6.20 Å². The number of aliphatic imine (C=N–C) groups is 1. The van der Waals surface area contributed by atoms with Crippen LogP contribution in [0.1, 0.15) is 12.5 Å². The maximum absolute atomic E-state index is 12.4. The third-order valence-corrected chi connectivity index (χ3v) is 4.57. The second-order valence-electron chi connectivity index (χ2n) is 6.57. The molecule has 1 aromatic heterocycles. The fraction of sp³-hybridized carbons (Fsp3) is 0.286. The van der Waals surface area contributed by atoms with Crippen molar-refractivity contribution >= 4 is 46.6 Å². The molecular weight excluding hydrogens is 390 g/mol. The van der Waals surface area contributed by atoms with Gasteiger partial charge < -0.3 is 20.5 Å². The SMILES string of the molecule is C=CC.CN=C/C(=C\N)c1cn(CC(=O)NC2CN(C=O)C2)c2ccc(Cl)cc12. The van der Waals surface area contributed by atoms with Gasteiger partial charge in [-0.1, -0.05) is 17.7 Å². The zero-order valence-electron chi connectivity index (χ0n) is 16.6. The lowest BCUT2D eigenvalue weighted by molar-refractivity contribution is -0.128. The van der Waals surface area contributed by atoms with Crippen molar-refractivity contribution in [3.05, 3.63) is 53.8 Å². The lowest BCUT2D eigenvalue weighted by Crippen LogP contribution is -2.58. The van der Waals surface area contributed by atoms with Crippen LogP contribution in [0.2, 0.25) is 5.02 Å². The van der Waals surface area contributed by atoms with Crippen LogP contribution < -0.4 is 11.1 Å². The summed E-state index contributed by atoms with van der Waals surface area (Å²) in [5.41, 5.74) is 8.23. The number of carbonyl (C=O) groups is 2. The molecule has 0 aliphatic carbocycles. The van der Waals surface area contributed by atoms with Gasteiger partial charge in [-0.2, -0.15) is 0 Å². The second-order valence-corrected chi connectivity index (χ2v) is 7.01. The molecule has 1 aliphatic heterocycles. The molecule has 3 N–H and O–H groups in total. The molecule has 8 heteroatoms. The summed E-state index contributed by atoms with van der Waals surface area (Å²) in [7, 11) is 1.67. The normalized spacial score (nSPS) is 14.3. The number of amides is 2. The maximum atomic E-state index is 12.4. The van der Waals surface area contributed by atoms with Crippen LogP contribution >= 0.6 is 11.6 Å². The van der Waals surface area contributed by atoms with Crippen LogP contribution in [0.3, 0.4) is 0 Å². The van der Waals surface area contributed by atoms with E-state index in [4.69, 9.17) is 17.3 Å². The van der Waals surface area contributed by atoms with E-state index in [9.17, 15) is 9.59 Å². The fourth-order valence-electron chi connectivity index (χ4n) is 3.09. The van der Waals surface area contributed by atoms with Gasteiger partial charge in [-0.05, 0) is 25.1 Å². The third kappa shape index (κ3) is 5.48. The second kappa shape index (κ2) is 10.5. The molecule has 0 radical (unpaired) electrons. The molecule has 1 saturated heterocycles. The number of hydrogen-bond donors (Lipinski definition) is 2. The number of benzene rings is 1. The summed E-state index contributed by atoms with van der Waals surface area (Å²) in [6.07, 6.45) is 7.56. The minimum absolute atomic E-state index is 0.00941. The molecule has 2 heterocycles. The predicted molar refractivity (Wildman–Crippen MR) is 119 cm³/mol. The van der Waals surface area contributed by atoms with Crippen LogP contribution in [0.5, 0.6) is 0 Å². The van der Waals surface area contributed by atoms with E-state index in [1.807, 2.05) is 29.8 Å². The highest BCUT2D eigenvalue weighted by atomic mass is 35.5. The monoisotopic (exact) mass is 415 g/mol. The summed E-state index contributed by atoms with van der Waals surface area (Å²) in [4.78, 5) is 28.6. The molecule has 1 aliphatic rings. The number of aromatic nitrogens is 1. The molecule has 0 unspecified atom stereocenters. The van der Waals surface area contributed by atoms with Gasteiger partial charge in [-0.25, -0.2) is 0 Å². The van der Waals surface area contributed by atoms with Gasteiger partial charge in [0.1, 0.15) is 6.54 Å². The fourth-order valence-corrected chi connectivity index (χ4v) is 3.26. The first-order chi connectivity index (χ1) is 14.0. The highest BCUT2D eigenvalue weighted by Gasteiger charge is 2.26. The van der Waals surface area contributed by atoms with Crippen LogP contribution in [0.4, 0.5) is 0 Å². The van der Waals surface area contributed by atoms with Crippen molar-refractivity contribution in [2.45, 2.75) is 19.5 Å². The van der Waals surface area contributed by atoms with Gasteiger partial charge in [0.05, 0.1) is 6.04 Å². The lowest BCUT2D eigenvalue weighted by atomic mass is 10.1. The topological polar surface area (TPSA) is 92.7 Å². The first kappa shape index (κ1) is 22.2. The van der Waals surface area contributed by atoms with Crippen molar-refractivity contribution in [1.82, 2.24) is 14.8 Å². The summed E-state index contributed by atoms with van der Waals surface area (Å²) >= 11 is 6.15. The third-order valence-electron chi connectivity index (χ3n) is 4.34. The van der Waals surface area contributed by atoms with Gasteiger partial charge in [0, 0.05) is 65.8 Å². The number of halogens is 1. The van der Waals surface area contributed by atoms with Crippen LogP contribution in [0.15, 0.2) is 48.2 Å². The zero-order valence-corrected chi connectivity index (χ0v) is 17.4. The smallest absolute Gasteiger partial charge is 0.240 e. The highest BCUT2D eigenvalue weighted by Crippen LogP contribution is 2.29. The Bertz CT molecular complexity index is 942. The maximum Gasteiger partial charge on any atom is 0.240 e. The Balaban J connectivity index is 0.000000941. The van der Waals surface area contributed by atoms with Gasteiger partial charge in [-0.3, -0.25) is 14.6 Å². The van der Waals surface area contributed by atoms with E-state index in [1.54, 1.807) is 30.3 Å². The van der Waals surface area contributed by atoms with Crippen molar-refractivity contribution < 1.29 is 9.59 Å². The molecule has 0 spiro atoms. The largest absolute Gasteiger partial charge is 0.404 e. The van der Waals surface area contributed by atoms with Crippen LogP contribution in [0, 0.1) is 0 Å². The molecule has 29 heavy (non-hydrogen) atoms. The van der Waals surface area contributed by atoms with E-state index < -0.39 is 0 Å². The number of allylic oxidation sites excluding steroid dienone is 2. The summed E-state index contributed by atoms with van der Waals surface area (Å²) in [5, 5.41) is 4.44. The number of carbonyl (C=O) groups excluding carboxylic acids is 2. The van der Waals surface area contributed by atoms with Crippen LogP contribution in [-0.4, -0.2) is 54.2 Å². The minimum atomic E-state index is -0.110. The molecule has 0 atom stereocenters. The van der Waals surface area contributed by atoms with E-state index >= 15 is 0 Å². The number of rotatable bonds is 6. The number of nitrogens with two attached hydrogens (primary N) is 1. The average Bonchev–Trinajstić information content (AvgIpc) is 3.00. The number of nitrogens with zero attached hydrogens (tertiary/aromatic N) is 3. The summed E-state index contributed by atoms with van der Waals surface area (Å²) in [5.74, 6) is -0.110. The van der Waals surface area contributed by atoms with Crippen molar-refractivity contribution in [2.24, 2.45) is 10.7 Å². The van der Waals surface area contributed by atoms with Gasteiger partial charge in [0.25, 0.3) is 0 Å². The van der Waals surface area contributed by atoms with Crippen molar-refractivity contribution in [3.63, 3.8) is 0 Å². The van der Waals surface area contributed by atoms with E-state index in [0.29, 0.717) is 18.1 Å². The molecule has 2 amide bonds. The standard InChI is InChI=1S/C18H20ClN5O2.C3H6/c1-21-6-12(5-20)16-9-24(17-3-2-13(19)4-15(16)17)10-18(26)22-14-7-23(8-14)11-25;1-3-2/h2-6,9,11,14H,7-8,10,20H2,1H3,(H,22,26);3H,1H2,2H3/b12-5+,21-6?;. The molecule has 1 aromatic carbocycles. The Hall–Kier alpha value is -3.06. The van der Waals surface area contributed by atoms with Gasteiger partial charge in [0.2, 0.25) is 12.3 Å². The quantitative estimate of drug-likeness (QED) is 0.431. The summed E-state index contributed by atoms with van der Waals surface area (Å²) < 4.78 is 1.86. The van der Waals surface area contributed by atoms with Crippen molar-refractivity contribution in [3.8, 4) is 0 Å². The number of nitrogens with one attached hydrogen (secondary N) is 1. The summed E-state index contributed by atoms with van der Waals surface area (Å²) in [6, 6.07) is 5.52. The number of hydrogen-bond acceptors (Lipinski definition) is 4. The highest BCUT2D eigenvalue weighted by molar-refractivity contribution is 6.31. The van der Waals surface area contributed by atoms with Crippen molar-refractivity contribution in [2.75, 3.05) is 20.1 Å². The molecule has 2 aromatic rings. The van der Waals surface area contributed by atoms with Crippen LogP contribution in [0.25, 0.3) is 16.5 Å². The Labute approximate surface area is 175 Å². The van der Waals surface area contributed by atoms with E-state index in [-0.39, 0.29) is 18.5 Å². The van der Waals surface area contributed by atoms with Gasteiger partial charge in [0.15, 0.2) is 0 Å². The van der Waals surface area contributed by atoms with Crippen molar-refractivity contribution in [1.29, 1.82) is 0 Å². The minimum Gasteiger partial charge on any atom is -0.404 e. The number of likely N-dealkylation sites (tertiary alicyclic amines) is 1. The predicted octanol–water partition coefficient (Wildman–Crippen LogP) is 2.44. The van der Waals surface area contributed by atoms with Crippen LogP contribution in [-0.2, 0) is 16.1 Å². The number of fused-ring (bicyclic) bond motifs is 1. The first-order valence-corrected chi connectivity index (χ1v) is 9.53. The summed E-state index contributed by atoms with van der Waals surface area (Å²) in [6.45, 7) is 6.52. The van der Waals surface area contributed by atoms with Gasteiger partial charge >= 0.3 is 0 Å². The van der Waals surface area contributed by atoms with E-state index in [2.05, 4.69) is 16.9 Å². The first-order valence-electron chi connectivity index (χ1n) is 9.15. The molecule has 154 valence electrons. The lowest BCUT2D eigenvalue weighted by Gasteiger charge is -2.36. The zero-order chi connectivity index (χ0) is 21.4. The van der Waals surface area contributed by atoms with Gasteiger partial charge in [-0.15, -0.1) is 6.58 Å². The Morgan fingerprint density at radius 1 is 1.45 bits per heavy atom. The molecular formula is C21H26ClN5O2.